The SMILES string of the molecule is C/C(=C/C(=O)N(CCO)C1CC1)c1ccc(C(F)(F)F)cc1. The summed E-state index contributed by atoms with van der Waals surface area (Å²) in [7, 11) is 0. The molecule has 0 saturated heterocycles. The highest BCUT2D eigenvalue weighted by Crippen LogP contribution is 2.30. The predicted molar refractivity (Wildman–Crippen MR) is 76.9 cm³/mol. The van der Waals surface area contributed by atoms with Crippen molar-refractivity contribution >= 4 is 11.5 Å². The van der Waals surface area contributed by atoms with Gasteiger partial charge in [0.05, 0.1) is 12.2 Å². The number of aliphatic hydroxyl groups excluding tert-OH is 1. The van der Waals surface area contributed by atoms with Gasteiger partial charge in [0.1, 0.15) is 0 Å². The van der Waals surface area contributed by atoms with Crippen LogP contribution in [0.25, 0.3) is 5.57 Å². The Morgan fingerprint density at radius 2 is 1.91 bits per heavy atom. The van der Waals surface area contributed by atoms with Gasteiger partial charge in [0.15, 0.2) is 0 Å². The van der Waals surface area contributed by atoms with E-state index in [9.17, 15) is 18.0 Å². The third-order valence-corrected chi connectivity index (χ3v) is 3.62. The molecule has 0 aliphatic heterocycles. The summed E-state index contributed by atoms with van der Waals surface area (Å²) in [6, 6.07) is 4.90. The van der Waals surface area contributed by atoms with Crippen molar-refractivity contribution in [3.63, 3.8) is 0 Å². The average molecular weight is 313 g/mol. The second kappa shape index (κ2) is 6.52. The normalized spacial score (nSPS) is 15.8. The maximum atomic E-state index is 12.5. The van der Waals surface area contributed by atoms with E-state index < -0.39 is 11.7 Å². The minimum atomic E-state index is -4.37. The standard InChI is InChI=1S/C16H18F3NO2/c1-11(10-15(22)20(8-9-21)14-6-7-14)12-2-4-13(5-3-12)16(17,18)19/h2-5,10,14,21H,6-9H2,1H3/b11-10-. The number of rotatable bonds is 5. The van der Waals surface area contributed by atoms with Crippen molar-refractivity contribution in [3.05, 3.63) is 41.5 Å². The Morgan fingerprint density at radius 3 is 2.36 bits per heavy atom. The summed E-state index contributed by atoms with van der Waals surface area (Å²) in [5.74, 6) is -0.214. The van der Waals surface area contributed by atoms with Crippen LogP contribution in [0.5, 0.6) is 0 Å². The Hall–Kier alpha value is -1.82. The van der Waals surface area contributed by atoms with E-state index in [1.54, 1.807) is 11.8 Å². The number of nitrogens with zero attached hydrogens (tertiary/aromatic N) is 1. The van der Waals surface area contributed by atoms with Gasteiger partial charge in [0.25, 0.3) is 0 Å². The molecule has 6 heteroatoms. The number of hydrogen-bond donors (Lipinski definition) is 1. The fourth-order valence-electron chi connectivity index (χ4n) is 2.24. The zero-order valence-electron chi connectivity index (χ0n) is 12.2. The Morgan fingerprint density at radius 1 is 1.32 bits per heavy atom. The molecule has 1 aromatic rings. The lowest BCUT2D eigenvalue weighted by atomic mass is 10.0. The van der Waals surface area contributed by atoms with Crippen molar-refractivity contribution in [2.45, 2.75) is 32.0 Å². The fourth-order valence-corrected chi connectivity index (χ4v) is 2.24. The summed E-state index contributed by atoms with van der Waals surface area (Å²) >= 11 is 0. The molecule has 120 valence electrons. The van der Waals surface area contributed by atoms with Crippen molar-refractivity contribution in [3.8, 4) is 0 Å². The van der Waals surface area contributed by atoms with Gasteiger partial charge in [-0.05, 0) is 43.0 Å². The first-order valence-corrected chi connectivity index (χ1v) is 7.10. The maximum Gasteiger partial charge on any atom is 0.416 e. The van der Waals surface area contributed by atoms with Gasteiger partial charge in [-0.1, -0.05) is 12.1 Å². The first kappa shape index (κ1) is 16.5. The molecule has 1 fully saturated rings. The van der Waals surface area contributed by atoms with Crippen LogP contribution in [-0.4, -0.2) is 35.1 Å². The largest absolute Gasteiger partial charge is 0.416 e. The van der Waals surface area contributed by atoms with E-state index in [1.807, 2.05) is 0 Å². The molecule has 0 aromatic heterocycles. The molecule has 1 amide bonds. The van der Waals surface area contributed by atoms with Crippen molar-refractivity contribution < 1.29 is 23.1 Å². The van der Waals surface area contributed by atoms with E-state index in [2.05, 4.69) is 0 Å². The van der Waals surface area contributed by atoms with Crippen molar-refractivity contribution in [2.75, 3.05) is 13.2 Å². The first-order valence-electron chi connectivity index (χ1n) is 7.10. The summed E-state index contributed by atoms with van der Waals surface area (Å²) in [4.78, 5) is 13.8. The zero-order chi connectivity index (χ0) is 16.3. The molecule has 0 radical (unpaired) electrons. The van der Waals surface area contributed by atoms with Gasteiger partial charge in [-0.25, -0.2) is 0 Å². The van der Waals surface area contributed by atoms with Gasteiger partial charge >= 0.3 is 6.18 Å². The average Bonchev–Trinajstić information content (AvgIpc) is 3.28. The number of amides is 1. The third kappa shape index (κ3) is 4.10. The molecule has 1 aliphatic carbocycles. The van der Waals surface area contributed by atoms with Crippen LogP contribution in [0.4, 0.5) is 13.2 Å². The molecule has 1 saturated carbocycles. The predicted octanol–water partition coefficient (Wildman–Crippen LogP) is 3.09. The van der Waals surface area contributed by atoms with Gasteiger partial charge in [-0.3, -0.25) is 4.79 Å². The van der Waals surface area contributed by atoms with Gasteiger partial charge in [0.2, 0.25) is 5.91 Å². The summed E-state index contributed by atoms with van der Waals surface area (Å²) in [5, 5.41) is 9.00. The topological polar surface area (TPSA) is 40.5 Å². The molecule has 0 unspecified atom stereocenters. The minimum absolute atomic E-state index is 0.102. The molecule has 0 atom stereocenters. The molecule has 0 spiro atoms. The van der Waals surface area contributed by atoms with Crippen LogP contribution in [0.15, 0.2) is 30.3 Å². The maximum absolute atomic E-state index is 12.5. The van der Waals surface area contributed by atoms with Gasteiger partial charge in [-0.2, -0.15) is 13.2 Å². The van der Waals surface area contributed by atoms with E-state index >= 15 is 0 Å². The monoisotopic (exact) mass is 313 g/mol. The van der Waals surface area contributed by atoms with Crippen LogP contribution in [0, 0.1) is 0 Å². The summed E-state index contributed by atoms with van der Waals surface area (Å²) < 4.78 is 37.6. The van der Waals surface area contributed by atoms with Crippen LogP contribution in [-0.2, 0) is 11.0 Å². The van der Waals surface area contributed by atoms with Crippen LogP contribution in [0.1, 0.15) is 30.9 Å². The Bertz CT molecular complexity index is 560. The number of allylic oxidation sites excluding steroid dienone is 1. The van der Waals surface area contributed by atoms with E-state index in [1.165, 1.54) is 18.2 Å². The Labute approximate surface area is 127 Å². The number of benzene rings is 1. The second-order valence-corrected chi connectivity index (χ2v) is 5.39. The molecular formula is C16H18F3NO2. The van der Waals surface area contributed by atoms with E-state index in [4.69, 9.17) is 5.11 Å². The molecule has 22 heavy (non-hydrogen) atoms. The van der Waals surface area contributed by atoms with Crippen molar-refractivity contribution in [2.24, 2.45) is 0 Å². The highest BCUT2D eigenvalue weighted by molar-refractivity contribution is 5.95. The van der Waals surface area contributed by atoms with Crippen LogP contribution >= 0.6 is 0 Å². The number of aliphatic hydroxyl groups is 1. The summed E-state index contributed by atoms with van der Waals surface area (Å²) in [6.07, 6.45) is -1.09. The highest BCUT2D eigenvalue weighted by Gasteiger charge is 2.31. The van der Waals surface area contributed by atoms with Crippen LogP contribution in [0.2, 0.25) is 0 Å². The Kier molecular flexibility index (Phi) is 4.90. The lowest BCUT2D eigenvalue weighted by Gasteiger charge is -2.19. The fraction of sp³-hybridized carbons (Fsp3) is 0.438. The molecule has 0 bridgehead atoms. The smallest absolute Gasteiger partial charge is 0.395 e. The quantitative estimate of drug-likeness (QED) is 0.849. The lowest BCUT2D eigenvalue weighted by molar-refractivity contribution is -0.137. The van der Waals surface area contributed by atoms with Crippen molar-refractivity contribution in [1.29, 1.82) is 0 Å². The van der Waals surface area contributed by atoms with Gasteiger partial charge in [0, 0.05) is 18.7 Å². The first-order chi connectivity index (χ1) is 10.3. The molecule has 1 aliphatic rings. The summed E-state index contributed by atoms with van der Waals surface area (Å²) in [5.41, 5.74) is 0.457. The van der Waals surface area contributed by atoms with Crippen LogP contribution < -0.4 is 0 Å². The number of alkyl halides is 3. The molecule has 2 rings (SSSR count). The number of hydrogen-bond acceptors (Lipinski definition) is 2. The number of carbonyl (C=O) groups excluding carboxylic acids is 1. The number of halogens is 3. The molecule has 3 nitrogen and oxygen atoms in total. The third-order valence-electron chi connectivity index (χ3n) is 3.62. The second-order valence-electron chi connectivity index (χ2n) is 5.39. The Balaban J connectivity index is 2.12. The highest BCUT2D eigenvalue weighted by atomic mass is 19.4. The summed E-state index contributed by atoms with van der Waals surface area (Å²) in [6.45, 7) is 1.86. The van der Waals surface area contributed by atoms with Gasteiger partial charge < -0.3 is 10.0 Å². The minimum Gasteiger partial charge on any atom is -0.395 e. The van der Waals surface area contributed by atoms with Crippen molar-refractivity contribution in [1.82, 2.24) is 4.90 Å². The lowest BCUT2D eigenvalue weighted by Crippen LogP contribution is -2.34. The van der Waals surface area contributed by atoms with Gasteiger partial charge in [-0.15, -0.1) is 0 Å². The van der Waals surface area contributed by atoms with E-state index in [0.29, 0.717) is 11.1 Å². The van der Waals surface area contributed by atoms with E-state index in [-0.39, 0.29) is 25.1 Å². The number of carbonyl (C=O) groups is 1. The molecular weight excluding hydrogens is 295 g/mol. The van der Waals surface area contributed by atoms with Crippen LogP contribution in [0.3, 0.4) is 0 Å². The molecule has 1 N–H and O–H groups in total. The molecule has 1 aromatic carbocycles. The molecule has 0 heterocycles. The van der Waals surface area contributed by atoms with E-state index in [0.717, 1.165) is 25.0 Å². The zero-order valence-corrected chi connectivity index (χ0v) is 12.2.